The monoisotopic (exact) mass is 167 g/mol. The number of hydrogen-bond donors (Lipinski definition) is 3. The van der Waals surface area contributed by atoms with Gasteiger partial charge in [-0.3, -0.25) is 0 Å². The number of hydrogen-bond acceptors (Lipinski definition) is 4. The molecule has 0 bridgehead atoms. The molecule has 0 amide bonds. The van der Waals surface area contributed by atoms with Crippen molar-refractivity contribution in [1.82, 2.24) is 0 Å². The van der Waals surface area contributed by atoms with Crippen LogP contribution in [0.1, 0.15) is 0 Å². The van der Waals surface area contributed by atoms with E-state index < -0.39 is 0 Å². The Hall–Kier alpha value is -1.58. The van der Waals surface area contributed by atoms with Crippen LogP contribution in [0.4, 0.5) is 17.1 Å². The molecule has 5 N–H and O–H groups in total. The number of ether oxygens (including phenoxy) is 1. The van der Waals surface area contributed by atoms with E-state index in [1.165, 1.54) is 0 Å². The molecular formula is C8H13N3O. The Bertz CT molecular complexity index is 261. The standard InChI is InChI=1S/C8H13N3O/c1-11-7-4-8(12-2)6(10)3-5(7)9/h3-4,11H,9-10H2,1-2H3. The predicted molar refractivity (Wildman–Crippen MR) is 51.4 cm³/mol. The fourth-order valence-corrected chi connectivity index (χ4v) is 1.01. The maximum Gasteiger partial charge on any atom is 0.143 e. The van der Waals surface area contributed by atoms with Crippen LogP contribution in [-0.4, -0.2) is 14.2 Å². The summed E-state index contributed by atoms with van der Waals surface area (Å²) in [5.41, 5.74) is 13.3. The molecule has 4 nitrogen and oxygen atoms in total. The van der Waals surface area contributed by atoms with Gasteiger partial charge in [0.2, 0.25) is 0 Å². The fraction of sp³-hybridized carbons (Fsp3) is 0.250. The van der Waals surface area contributed by atoms with Crippen molar-refractivity contribution in [3.8, 4) is 5.75 Å². The van der Waals surface area contributed by atoms with Crippen LogP contribution < -0.4 is 21.5 Å². The summed E-state index contributed by atoms with van der Waals surface area (Å²) in [4.78, 5) is 0. The number of rotatable bonds is 2. The maximum absolute atomic E-state index is 5.66. The molecule has 0 aliphatic heterocycles. The van der Waals surface area contributed by atoms with E-state index in [-0.39, 0.29) is 0 Å². The molecule has 0 saturated carbocycles. The van der Waals surface area contributed by atoms with Crippen molar-refractivity contribution in [2.24, 2.45) is 0 Å². The minimum absolute atomic E-state index is 0.550. The summed E-state index contributed by atoms with van der Waals surface area (Å²) in [7, 11) is 3.36. The second-order valence-corrected chi connectivity index (χ2v) is 2.43. The molecule has 0 fully saturated rings. The van der Waals surface area contributed by atoms with Gasteiger partial charge in [-0.15, -0.1) is 0 Å². The van der Waals surface area contributed by atoms with Gasteiger partial charge in [0.25, 0.3) is 0 Å². The fourth-order valence-electron chi connectivity index (χ4n) is 1.01. The first-order valence-corrected chi connectivity index (χ1v) is 3.59. The van der Waals surface area contributed by atoms with Gasteiger partial charge in [0.15, 0.2) is 0 Å². The lowest BCUT2D eigenvalue weighted by Crippen LogP contribution is -1.99. The summed E-state index contributed by atoms with van der Waals surface area (Å²) in [6, 6.07) is 3.44. The van der Waals surface area contributed by atoms with Gasteiger partial charge in [-0.1, -0.05) is 0 Å². The van der Waals surface area contributed by atoms with E-state index in [4.69, 9.17) is 16.2 Å². The molecule has 0 spiro atoms. The molecule has 12 heavy (non-hydrogen) atoms. The van der Waals surface area contributed by atoms with Crippen molar-refractivity contribution < 1.29 is 4.74 Å². The van der Waals surface area contributed by atoms with Crippen molar-refractivity contribution in [1.29, 1.82) is 0 Å². The molecule has 0 heterocycles. The number of nitrogens with one attached hydrogen (secondary N) is 1. The number of anilines is 3. The zero-order valence-corrected chi connectivity index (χ0v) is 7.22. The highest BCUT2D eigenvalue weighted by Crippen LogP contribution is 2.30. The van der Waals surface area contributed by atoms with E-state index >= 15 is 0 Å². The lowest BCUT2D eigenvalue weighted by atomic mass is 10.2. The van der Waals surface area contributed by atoms with Gasteiger partial charge in [0.1, 0.15) is 5.75 Å². The van der Waals surface area contributed by atoms with Crippen molar-refractivity contribution in [2.45, 2.75) is 0 Å². The third kappa shape index (κ3) is 1.37. The highest BCUT2D eigenvalue weighted by atomic mass is 16.5. The zero-order valence-electron chi connectivity index (χ0n) is 7.22. The highest BCUT2D eigenvalue weighted by Gasteiger charge is 2.03. The van der Waals surface area contributed by atoms with E-state index in [0.29, 0.717) is 17.1 Å². The highest BCUT2D eigenvalue weighted by molar-refractivity contribution is 5.75. The third-order valence-corrected chi connectivity index (χ3v) is 1.67. The second-order valence-electron chi connectivity index (χ2n) is 2.43. The third-order valence-electron chi connectivity index (χ3n) is 1.67. The Morgan fingerprint density at radius 3 is 2.42 bits per heavy atom. The van der Waals surface area contributed by atoms with Crippen molar-refractivity contribution in [3.05, 3.63) is 12.1 Å². The maximum atomic E-state index is 5.66. The van der Waals surface area contributed by atoms with Crippen LogP contribution in [0.5, 0.6) is 5.75 Å². The summed E-state index contributed by atoms with van der Waals surface area (Å²) < 4.78 is 5.02. The minimum atomic E-state index is 0.550. The van der Waals surface area contributed by atoms with E-state index in [9.17, 15) is 0 Å². The van der Waals surface area contributed by atoms with Gasteiger partial charge >= 0.3 is 0 Å². The molecule has 4 heteroatoms. The minimum Gasteiger partial charge on any atom is -0.495 e. The van der Waals surface area contributed by atoms with Crippen LogP contribution in [0.2, 0.25) is 0 Å². The molecule has 1 aromatic rings. The number of methoxy groups -OCH3 is 1. The van der Waals surface area contributed by atoms with Gasteiger partial charge in [0.05, 0.1) is 24.2 Å². The lowest BCUT2D eigenvalue weighted by Gasteiger charge is -2.09. The summed E-state index contributed by atoms with van der Waals surface area (Å²) in [5, 5.41) is 2.94. The number of nitrogens with two attached hydrogens (primary N) is 2. The number of nitrogen functional groups attached to an aromatic ring is 2. The zero-order chi connectivity index (χ0) is 9.14. The van der Waals surface area contributed by atoms with E-state index in [1.54, 1.807) is 26.3 Å². The Morgan fingerprint density at radius 2 is 1.92 bits per heavy atom. The van der Waals surface area contributed by atoms with Gasteiger partial charge in [-0.05, 0) is 6.07 Å². The average molecular weight is 167 g/mol. The summed E-state index contributed by atoms with van der Waals surface area (Å²) in [6.45, 7) is 0. The second kappa shape index (κ2) is 3.21. The normalized spacial score (nSPS) is 9.50. The molecule has 0 radical (unpaired) electrons. The van der Waals surface area contributed by atoms with Crippen molar-refractivity contribution in [3.63, 3.8) is 0 Å². The molecule has 0 aromatic heterocycles. The Morgan fingerprint density at radius 1 is 1.25 bits per heavy atom. The molecule has 0 aliphatic rings. The molecule has 0 atom stereocenters. The van der Waals surface area contributed by atoms with Gasteiger partial charge in [-0.25, -0.2) is 0 Å². The molecule has 0 unspecified atom stereocenters. The molecular weight excluding hydrogens is 154 g/mol. The first-order valence-electron chi connectivity index (χ1n) is 3.59. The van der Waals surface area contributed by atoms with Gasteiger partial charge in [-0.2, -0.15) is 0 Å². The van der Waals surface area contributed by atoms with Crippen LogP contribution >= 0.6 is 0 Å². The summed E-state index contributed by atoms with van der Waals surface area (Å²) in [5.74, 6) is 0.633. The smallest absolute Gasteiger partial charge is 0.143 e. The van der Waals surface area contributed by atoms with E-state index in [0.717, 1.165) is 5.69 Å². The van der Waals surface area contributed by atoms with Crippen LogP contribution in [0.3, 0.4) is 0 Å². The van der Waals surface area contributed by atoms with Crippen LogP contribution in [-0.2, 0) is 0 Å². The van der Waals surface area contributed by atoms with E-state index in [1.807, 2.05) is 0 Å². The van der Waals surface area contributed by atoms with Crippen molar-refractivity contribution in [2.75, 3.05) is 30.9 Å². The molecule has 1 aromatic carbocycles. The van der Waals surface area contributed by atoms with Gasteiger partial charge in [0, 0.05) is 13.1 Å². The first-order chi connectivity index (χ1) is 5.69. The van der Waals surface area contributed by atoms with Gasteiger partial charge < -0.3 is 21.5 Å². The molecule has 0 saturated heterocycles. The summed E-state index contributed by atoms with van der Waals surface area (Å²) >= 11 is 0. The average Bonchev–Trinajstić information content (AvgIpc) is 2.05. The molecule has 66 valence electrons. The quantitative estimate of drug-likeness (QED) is 0.572. The molecule has 0 aliphatic carbocycles. The van der Waals surface area contributed by atoms with Crippen LogP contribution in [0, 0.1) is 0 Å². The van der Waals surface area contributed by atoms with Crippen LogP contribution in [0.15, 0.2) is 12.1 Å². The topological polar surface area (TPSA) is 73.3 Å². The Kier molecular flexibility index (Phi) is 2.28. The number of benzene rings is 1. The molecule has 1 rings (SSSR count). The summed E-state index contributed by atoms with van der Waals surface area (Å²) in [6.07, 6.45) is 0. The Labute approximate surface area is 71.5 Å². The van der Waals surface area contributed by atoms with E-state index in [2.05, 4.69) is 5.32 Å². The van der Waals surface area contributed by atoms with Crippen LogP contribution in [0.25, 0.3) is 0 Å². The largest absolute Gasteiger partial charge is 0.495 e. The Balaban J connectivity index is 3.18. The SMILES string of the molecule is CNc1cc(OC)c(N)cc1N. The first kappa shape index (κ1) is 8.52. The predicted octanol–water partition coefficient (Wildman–Crippen LogP) is 0.901. The lowest BCUT2D eigenvalue weighted by molar-refractivity contribution is 0.417. The van der Waals surface area contributed by atoms with Crippen molar-refractivity contribution >= 4 is 17.1 Å².